The van der Waals surface area contributed by atoms with Crippen molar-refractivity contribution in [2.24, 2.45) is 0 Å². The number of rotatable bonds is 9. The quantitative estimate of drug-likeness (QED) is 0.668. The van der Waals surface area contributed by atoms with Crippen LogP contribution in [-0.2, 0) is 17.6 Å². The second kappa shape index (κ2) is 8.63. The lowest BCUT2D eigenvalue weighted by Gasteiger charge is -1.99. The Labute approximate surface area is 130 Å². The number of unbranched alkanes of at least 4 members (excludes halogenated alkanes) is 3. The van der Waals surface area contributed by atoms with Crippen LogP contribution in [0.1, 0.15) is 48.1 Å². The van der Waals surface area contributed by atoms with Gasteiger partial charge >= 0.3 is 5.97 Å². The van der Waals surface area contributed by atoms with Gasteiger partial charge in [0.2, 0.25) is 0 Å². The van der Waals surface area contributed by atoms with Gasteiger partial charge < -0.3 is 5.11 Å². The third-order valence-corrected chi connectivity index (χ3v) is 4.57. The minimum Gasteiger partial charge on any atom is -0.481 e. The molecule has 0 unspecified atom stereocenters. The Bertz CT molecular complexity index is 545. The van der Waals surface area contributed by atoms with Crippen LogP contribution in [0.5, 0.6) is 0 Å². The van der Waals surface area contributed by atoms with E-state index in [1.165, 1.54) is 16.0 Å². The molecule has 0 fully saturated rings. The molecule has 21 heavy (non-hydrogen) atoms. The predicted molar refractivity (Wildman–Crippen MR) is 88.0 cm³/mol. The number of carboxylic acid groups (broad SMARTS) is 1. The molecule has 112 valence electrons. The number of aryl methyl sites for hydroxylation is 1. The number of hydrogen-bond donors (Lipinski definition) is 1. The molecule has 1 aromatic heterocycles. The van der Waals surface area contributed by atoms with Gasteiger partial charge in [0, 0.05) is 11.3 Å². The summed E-state index contributed by atoms with van der Waals surface area (Å²) < 4.78 is 0. The maximum Gasteiger partial charge on any atom is 0.303 e. The molecule has 0 radical (unpaired) electrons. The third kappa shape index (κ3) is 6.13. The summed E-state index contributed by atoms with van der Waals surface area (Å²) >= 11 is 1.84. The van der Waals surface area contributed by atoms with E-state index in [0.717, 1.165) is 38.5 Å². The molecule has 0 aliphatic carbocycles. The van der Waals surface area contributed by atoms with Crippen LogP contribution in [0, 0.1) is 0 Å². The summed E-state index contributed by atoms with van der Waals surface area (Å²) in [5.41, 5.74) is 2.75. The first kappa shape index (κ1) is 15.8. The van der Waals surface area contributed by atoms with Gasteiger partial charge in [0.25, 0.3) is 0 Å². The molecule has 2 aromatic rings. The summed E-state index contributed by atoms with van der Waals surface area (Å²) in [5, 5.41) is 10.8. The minimum atomic E-state index is -0.682. The summed E-state index contributed by atoms with van der Waals surface area (Å²) in [6.07, 6.45) is 6.54. The van der Waals surface area contributed by atoms with Crippen LogP contribution in [0.15, 0.2) is 41.8 Å². The average Bonchev–Trinajstić information content (AvgIpc) is 2.91. The second-order valence-corrected chi connectivity index (χ2v) is 6.39. The highest BCUT2D eigenvalue weighted by molar-refractivity contribution is 7.10. The fourth-order valence-electron chi connectivity index (χ4n) is 2.41. The van der Waals surface area contributed by atoms with E-state index in [4.69, 9.17) is 5.11 Å². The Morgan fingerprint density at radius 2 is 1.76 bits per heavy atom. The molecular weight excluding hydrogens is 280 g/mol. The molecule has 0 aliphatic heterocycles. The molecule has 0 saturated carbocycles. The fourth-order valence-corrected chi connectivity index (χ4v) is 3.35. The van der Waals surface area contributed by atoms with Crippen molar-refractivity contribution in [3.8, 4) is 0 Å². The van der Waals surface area contributed by atoms with Gasteiger partial charge in [-0.25, -0.2) is 0 Å². The van der Waals surface area contributed by atoms with Gasteiger partial charge in [0.15, 0.2) is 0 Å². The van der Waals surface area contributed by atoms with Crippen LogP contribution in [0.2, 0.25) is 0 Å². The highest BCUT2D eigenvalue weighted by Gasteiger charge is 2.02. The Morgan fingerprint density at radius 1 is 1.00 bits per heavy atom. The van der Waals surface area contributed by atoms with E-state index in [-0.39, 0.29) is 0 Å². The number of hydrogen-bond acceptors (Lipinski definition) is 2. The molecular formula is C18H22O2S. The van der Waals surface area contributed by atoms with Crippen LogP contribution in [0.4, 0.5) is 0 Å². The molecule has 2 nitrogen and oxygen atoms in total. The lowest BCUT2D eigenvalue weighted by molar-refractivity contribution is -0.137. The monoisotopic (exact) mass is 302 g/mol. The van der Waals surface area contributed by atoms with Crippen LogP contribution in [-0.4, -0.2) is 11.1 Å². The van der Waals surface area contributed by atoms with Gasteiger partial charge in [-0.3, -0.25) is 4.79 Å². The predicted octanol–water partition coefficient (Wildman–Crippen LogP) is 4.92. The van der Waals surface area contributed by atoms with E-state index < -0.39 is 5.97 Å². The van der Waals surface area contributed by atoms with Crippen molar-refractivity contribution in [2.75, 3.05) is 0 Å². The van der Waals surface area contributed by atoms with Crippen LogP contribution < -0.4 is 0 Å². The van der Waals surface area contributed by atoms with Crippen LogP contribution in [0.3, 0.4) is 0 Å². The SMILES string of the molecule is O=C(O)CCCCCCc1cc(Cc2ccccc2)cs1. The van der Waals surface area contributed by atoms with Gasteiger partial charge in [0.05, 0.1) is 0 Å². The lowest BCUT2D eigenvalue weighted by Crippen LogP contribution is -1.93. The summed E-state index contributed by atoms with van der Waals surface area (Å²) in [6, 6.07) is 12.9. The van der Waals surface area contributed by atoms with E-state index in [0.29, 0.717) is 6.42 Å². The molecule has 0 spiro atoms. The van der Waals surface area contributed by atoms with Crippen LogP contribution >= 0.6 is 11.3 Å². The highest BCUT2D eigenvalue weighted by Crippen LogP contribution is 2.20. The topological polar surface area (TPSA) is 37.3 Å². The number of benzene rings is 1. The standard InChI is InChI=1S/C18H22O2S/c19-18(20)11-7-2-1-6-10-17-13-16(14-21-17)12-15-8-4-3-5-9-15/h3-5,8-9,13-14H,1-2,6-7,10-12H2,(H,19,20). The first-order valence-corrected chi connectivity index (χ1v) is 8.44. The number of carboxylic acids is 1. The maximum atomic E-state index is 10.4. The van der Waals surface area contributed by atoms with Crippen molar-refractivity contribution < 1.29 is 9.90 Å². The van der Waals surface area contributed by atoms with Crippen molar-refractivity contribution in [1.29, 1.82) is 0 Å². The molecule has 2 rings (SSSR count). The first-order chi connectivity index (χ1) is 10.2. The molecule has 0 amide bonds. The van der Waals surface area contributed by atoms with E-state index >= 15 is 0 Å². The Kier molecular flexibility index (Phi) is 6.48. The molecule has 3 heteroatoms. The van der Waals surface area contributed by atoms with Gasteiger partial charge in [0.1, 0.15) is 0 Å². The zero-order chi connectivity index (χ0) is 14.9. The molecule has 0 bridgehead atoms. The zero-order valence-electron chi connectivity index (χ0n) is 12.3. The molecule has 0 atom stereocenters. The molecule has 1 N–H and O–H groups in total. The first-order valence-electron chi connectivity index (χ1n) is 7.56. The molecule has 1 heterocycles. The van der Waals surface area contributed by atoms with Crippen molar-refractivity contribution in [3.63, 3.8) is 0 Å². The number of aliphatic carboxylic acids is 1. The smallest absolute Gasteiger partial charge is 0.303 e. The molecule has 0 aliphatic rings. The van der Waals surface area contributed by atoms with Crippen molar-refractivity contribution in [1.82, 2.24) is 0 Å². The lowest BCUT2D eigenvalue weighted by atomic mass is 10.1. The van der Waals surface area contributed by atoms with Crippen LogP contribution in [0.25, 0.3) is 0 Å². The van der Waals surface area contributed by atoms with Crippen molar-refractivity contribution in [3.05, 3.63) is 57.8 Å². The Hall–Kier alpha value is -1.61. The van der Waals surface area contributed by atoms with E-state index in [9.17, 15) is 4.79 Å². The van der Waals surface area contributed by atoms with E-state index in [1.807, 2.05) is 17.4 Å². The van der Waals surface area contributed by atoms with Crippen molar-refractivity contribution >= 4 is 17.3 Å². The summed E-state index contributed by atoms with van der Waals surface area (Å²) in [7, 11) is 0. The van der Waals surface area contributed by atoms with E-state index in [2.05, 4.69) is 35.7 Å². The molecule has 1 aromatic carbocycles. The van der Waals surface area contributed by atoms with Gasteiger partial charge in [-0.05, 0) is 48.3 Å². The van der Waals surface area contributed by atoms with Gasteiger partial charge in [-0.1, -0.05) is 43.2 Å². The largest absolute Gasteiger partial charge is 0.481 e. The normalized spacial score (nSPS) is 10.7. The maximum absolute atomic E-state index is 10.4. The number of carbonyl (C=O) groups is 1. The van der Waals surface area contributed by atoms with Gasteiger partial charge in [-0.15, -0.1) is 11.3 Å². The minimum absolute atomic E-state index is 0.306. The average molecular weight is 302 g/mol. The summed E-state index contributed by atoms with van der Waals surface area (Å²) in [6.45, 7) is 0. The second-order valence-electron chi connectivity index (χ2n) is 5.39. The Balaban J connectivity index is 1.67. The third-order valence-electron chi connectivity index (χ3n) is 3.52. The van der Waals surface area contributed by atoms with Crippen molar-refractivity contribution in [2.45, 2.75) is 44.9 Å². The molecule has 0 saturated heterocycles. The zero-order valence-corrected chi connectivity index (χ0v) is 13.1. The Morgan fingerprint density at radius 3 is 2.52 bits per heavy atom. The summed E-state index contributed by atoms with van der Waals surface area (Å²) in [4.78, 5) is 11.9. The summed E-state index contributed by atoms with van der Waals surface area (Å²) in [5.74, 6) is -0.682. The highest BCUT2D eigenvalue weighted by atomic mass is 32.1. The number of thiophene rings is 1. The van der Waals surface area contributed by atoms with E-state index in [1.54, 1.807) is 0 Å². The fraction of sp³-hybridized carbons (Fsp3) is 0.389. The van der Waals surface area contributed by atoms with Gasteiger partial charge in [-0.2, -0.15) is 0 Å².